The van der Waals surface area contributed by atoms with Crippen LogP contribution in [0.2, 0.25) is 0 Å². The van der Waals surface area contributed by atoms with Gasteiger partial charge >= 0.3 is 7.69 Å². The van der Waals surface area contributed by atoms with Crippen molar-refractivity contribution in [2.45, 2.75) is 0 Å². The summed E-state index contributed by atoms with van der Waals surface area (Å²) in [5.74, 6) is -100. The average molecular weight is 1190 g/mol. The van der Waals surface area contributed by atoms with Gasteiger partial charge in [0.2, 0.25) is 34.9 Å². The number of hydrogen-bond donors (Lipinski definition) is 0. The van der Waals surface area contributed by atoms with Gasteiger partial charge in [-0.25, -0.2) is 132 Å². The quantitative estimate of drug-likeness (QED) is 0.0588. The molecule has 0 fully saturated rings. The first kappa shape index (κ1) is 58.5. The van der Waals surface area contributed by atoms with E-state index >= 15 is 87.8 Å². The van der Waals surface area contributed by atoms with Gasteiger partial charge in [0.1, 0.15) is 11.5 Å². The van der Waals surface area contributed by atoms with E-state index in [4.69, 9.17) is 9.31 Å². The van der Waals surface area contributed by atoms with Crippen LogP contribution in [0.4, 0.5) is 132 Å². The molecule has 0 unspecified atom stereocenters. The molecule has 0 saturated heterocycles. The number of halogens is 30. The van der Waals surface area contributed by atoms with Crippen LogP contribution in [0.15, 0.2) is 24.3 Å². The lowest BCUT2D eigenvalue weighted by atomic mass is 9.85. The number of hydrogen-bond acceptors (Lipinski definition) is 2. The third-order valence-corrected chi connectivity index (χ3v) is 11.6. The van der Waals surface area contributed by atoms with E-state index in [1.807, 2.05) is 0 Å². The van der Waals surface area contributed by atoms with Gasteiger partial charge in [-0.3, -0.25) is 0 Å². The fourth-order valence-corrected chi connectivity index (χ4v) is 7.98. The largest absolute Gasteiger partial charge is 0.576 e. The molecule has 0 aliphatic rings. The van der Waals surface area contributed by atoms with Crippen molar-refractivity contribution in [2.24, 2.45) is 0 Å². The van der Waals surface area contributed by atoms with E-state index in [1.165, 1.54) is 0 Å². The fourth-order valence-electron chi connectivity index (χ4n) is 7.98. The van der Waals surface area contributed by atoms with Gasteiger partial charge in [0.25, 0.3) is 0 Å². The van der Waals surface area contributed by atoms with E-state index in [2.05, 4.69) is 0 Å². The van der Waals surface area contributed by atoms with E-state index in [0.717, 1.165) is 0 Å². The van der Waals surface area contributed by atoms with Crippen LogP contribution in [0.1, 0.15) is 0 Å². The Morgan fingerprint density at radius 2 is 0.309 bits per heavy atom. The van der Waals surface area contributed by atoms with Crippen molar-refractivity contribution in [3.63, 3.8) is 0 Å². The van der Waals surface area contributed by atoms with E-state index in [9.17, 15) is 43.9 Å². The Bertz CT molecular complexity index is 3670. The first-order valence-electron chi connectivity index (χ1n) is 20.5. The molecule has 0 N–H and O–H groups in total. The second kappa shape index (κ2) is 20.8. The molecule has 422 valence electrons. The normalized spacial score (nSPS) is 11.6. The Kier molecular flexibility index (Phi) is 15.0. The van der Waals surface area contributed by atoms with Crippen molar-refractivity contribution in [2.75, 3.05) is 0 Å². The zero-order valence-corrected chi connectivity index (χ0v) is 37.2. The lowest BCUT2D eigenvalue weighted by molar-refractivity contribution is 0.379. The summed E-state index contributed by atoms with van der Waals surface area (Å²) >= 11 is 0. The van der Waals surface area contributed by atoms with Crippen LogP contribution in [0.25, 0.3) is 66.8 Å². The second-order valence-electron chi connectivity index (χ2n) is 15.8. The van der Waals surface area contributed by atoms with Crippen LogP contribution in [0.3, 0.4) is 0 Å². The van der Waals surface area contributed by atoms with Gasteiger partial charge in [-0.05, 0) is 35.4 Å². The molecule has 33 heteroatoms. The summed E-state index contributed by atoms with van der Waals surface area (Å²) in [7, 11) is -2.44. The SMILES string of the molecule is Fc1c(F)c(F)c(-c2ccc(OBOc3ccc(-c4c(F)c(F)c(F)c(F)c4F)c(-c4c(F)c(F)c(F)c(F)c4F)c3-c3c(F)c(F)c(F)c(F)c3F)c(-c3c(F)c(F)c(F)c(F)c3F)c2-c2c(F)c(F)c(F)c(F)c2F)c(F)c1F. The highest BCUT2D eigenvalue weighted by molar-refractivity contribution is 6.22. The maximum atomic E-state index is 16.0. The molecule has 8 rings (SSSR count). The number of benzene rings is 8. The molecule has 8 aromatic rings. The zero-order chi connectivity index (χ0) is 60.4. The highest BCUT2D eigenvalue weighted by Crippen LogP contribution is 2.54. The van der Waals surface area contributed by atoms with E-state index in [0.29, 0.717) is 0 Å². The van der Waals surface area contributed by atoms with Gasteiger partial charge in [0.05, 0.1) is 33.4 Å². The van der Waals surface area contributed by atoms with Crippen molar-refractivity contribution in [1.82, 2.24) is 0 Å². The monoisotopic (exact) mass is 1190 g/mol. The van der Waals surface area contributed by atoms with Crippen LogP contribution in [-0.2, 0) is 0 Å². The topological polar surface area (TPSA) is 18.5 Å². The summed E-state index contributed by atoms with van der Waals surface area (Å²) in [6, 6.07) is -1.12. The smallest absolute Gasteiger partial charge is 0.528 e. The van der Waals surface area contributed by atoms with Gasteiger partial charge < -0.3 is 9.31 Å². The standard InChI is InChI=1S/C48H5BF30O2/c50-19-11(20(51)32(63)43(74)31(19)62)5-1-3-7(13(17-27(58)39(70)47(78)40(71)28(17)59)9(5)15-23(54)35(66)45(76)36(67)24(15)55)80-49-81-8-4-2-6(12-21(52)33(64)44(75)34(65)22(12)53)10(16-25(56)37(68)46(77)38(69)26(16)57)14(8)18-29(60)41(72)48(79)42(73)30(18)61/h1-4,49H. The van der Waals surface area contributed by atoms with E-state index < -0.39 is 260 Å². The summed E-state index contributed by atoms with van der Waals surface area (Å²) in [5, 5.41) is 0. The molecule has 0 heterocycles. The number of rotatable bonds is 10. The third kappa shape index (κ3) is 8.63. The van der Waals surface area contributed by atoms with Crippen LogP contribution in [0, 0.1) is 175 Å². The molecule has 0 radical (unpaired) electrons. The summed E-state index contributed by atoms with van der Waals surface area (Å²) in [4.78, 5) is 0. The molecule has 0 aliphatic heterocycles. The fraction of sp³-hybridized carbons (Fsp3) is 0. The molecule has 81 heavy (non-hydrogen) atoms. The third-order valence-electron chi connectivity index (χ3n) is 11.6. The zero-order valence-electron chi connectivity index (χ0n) is 37.2. The molecule has 2 nitrogen and oxygen atoms in total. The Morgan fingerprint density at radius 3 is 0.494 bits per heavy atom. The molecule has 0 atom stereocenters. The van der Waals surface area contributed by atoms with Crippen LogP contribution < -0.4 is 9.31 Å². The first-order chi connectivity index (χ1) is 37.8. The molecule has 0 saturated carbocycles. The van der Waals surface area contributed by atoms with Crippen molar-refractivity contribution >= 4 is 7.69 Å². The van der Waals surface area contributed by atoms with Gasteiger partial charge in [0.15, 0.2) is 140 Å². The van der Waals surface area contributed by atoms with Crippen molar-refractivity contribution in [3.05, 3.63) is 199 Å². The molecular weight excluding hydrogens is 1190 g/mol. The Morgan fingerprint density at radius 1 is 0.160 bits per heavy atom. The van der Waals surface area contributed by atoms with E-state index in [1.54, 1.807) is 0 Å². The van der Waals surface area contributed by atoms with Gasteiger partial charge in [-0.1, -0.05) is 0 Å². The Balaban J connectivity index is 1.53. The minimum Gasteiger partial charge on any atom is -0.528 e. The summed E-state index contributed by atoms with van der Waals surface area (Å²) < 4.78 is 465. The molecule has 0 aromatic heterocycles. The van der Waals surface area contributed by atoms with Crippen molar-refractivity contribution in [3.8, 4) is 78.3 Å². The first-order valence-corrected chi connectivity index (χ1v) is 20.5. The summed E-state index contributed by atoms with van der Waals surface area (Å²) in [6.45, 7) is 0. The summed E-state index contributed by atoms with van der Waals surface area (Å²) in [6.07, 6.45) is 0. The Labute approximate surface area is 425 Å². The molecule has 0 amide bonds. The van der Waals surface area contributed by atoms with Gasteiger partial charge in [0, 0.05) is 22.3 Å². The van der Waals surface area contributed by atoms with Gasteiger partial charge in [-0.2, -0.15) is 0 Å². The van der Waals surface area contributed by atoms with Crippen LogP contribution >= 0.6 is 0 Å². The molecule has 0 bridgehead atoms. The van der Waals surface area contributed by atoms with E-state index in [-0.39, 0.29) is 24.3 Å². The maximum Gasteiger partial charge on any atom is 0.576 e. The van der Waals surface area contributed by atoms with Gasteiger partial charge in [-0.15, -0.1) is 0 Å². The lowest BCUT2D eigenvalue weighted by Crippen LogP contribution is -2.16. The van der Waals surface area contributed by atoms with Crippen molar-refractivity contribution < 1.29 is 141 Å². The Hall–Kier alpha value is -8.68. The predicted octanol–water partition coefficient (Wildman–Crippen LogP) is 16.6. The minimum atomic E-state index is -3.28. The lowest BCUT2D eigenvalue weighted by Gasteiger charge is -2.24. The molecule has 8 aromatic carbocycles. The molecular formula is C48H5BF30O2. The maximum absolute atomic E-state index is 16.0. The average Bonchev–Trinajstić information content (AvgIpc) is 3.52. The highest BCUT2D eigenvalue weighted by atomic mass is 19.2. The van der Waals surface area contributed by atoms with Crippen LogP contribution in [0.5, 0.6) is 11.5 Å². The summed E-state index contributed by atoms with van der Waals surface area (Å²) in [5.41, 5.74) is -31.4. The highest BCUT2D eigenvalue weighted by Gasteiger charge is 2.41. The molecule has 0 aliphatic carbocycles. The predicted molar refractivity (Wildman–Crippen MR) is 213 cm³/mol. The van der Waals surface area contributed by atoms with Crippen LogP contribution in [-0.4, -0.2) is 7.69 Å². The minimum absolute atomic E-state index is 0.253. The van der Waals surface area contributed by atoms with Crippen molar-refractivity contribution in [1.29, 1.82) is 0 Å². The second-order valence-corrected chi connectivity index (χ2v) is 15.8. The molecule has 0 spiro atoms.